The third kappa shape index (κ3) is 1.77. The van der Waals surface area contributed by atoms with E-state index in [0.717, 1.165) is 10.2 Å². The van der Waals surface area contributed by atoms with E-state index in [0.29, 0.717) is 5.92 Å². The normalized spacial score (nSPS) is 10.6. The molecule has 1 heterocycles. The first kappa shape index (κ1) is 8.65. The molecule has 0 N–H and O–H groups in total. The highest BCUT2D eigenvalue weighted by Crippen LogP contribution is 2.21. The van der Waals surface area contributed by atoms with Crippen LogP contribution in [0.25, 0.3) is 0 Å². The minimum absolute atomic E-state index is 0.444. The maximum absolute atomic E-state index is 4.06. The molecule has 0 saturated carbocycles. The molecule has 11 heavy (non-hydrogen) atoms. The number of hydrogen-bond acceptors (Lipinski definition) is 2. The average molecular weight is 215 g/mol. The van der Waals surface area contributed by atoms with Crippen LogP contribution in [0.4, 0.5) is 0 Å². The third-order valence-corrected chi connectivity index (χ3v) is 2.43. The van der Waals surface area contributed by atoms with Gasteiger partial charge >= 0.3 is 0 Å². The lowest BCUT2D eigenvalue weighted by molar-refractivity contribution is 0.770. The topological polar surface area (TPSA) is 25.8 Å². The molecule has 0 amide bonds. The van der Waals surface area contributed by atoms with Gasteiger partial charge in [-0.15, -0.1) is 0 Å². The highest BCUT2D eigenvalue weighted by Gasteiger charge is 2.07. The van der Waals surface area contributed by atoms with Crippen LogP contribution < -0.4 is 0 Å². The molecule has 0 spiro atoms. The molecule has 0 aliphatic rings. The number of rotatable bonds is 1. The van der Waals surface area contributed by atoms with Gasteiger partial charge in [-0.25, -0.2) is 0 Å². The van der Waals surface area contributed by atoms with E-state index >= 15 is 0 Å². The molecule has 2 nitrogen and oxygen atoms in total. The molecule has 1 rings (SSSR count). The van der Waals surface area contributed by atoms with Gasteiger partial charge in [0.25, 0.3) is 0 Å². The molecule has 0 bridgehead atoms. The van der Waals surface area contributed by atoms with E-state index in [2.05, 4.69) is 40.0 Å². The third-order valence-electron chi connectivity index (χ3n) is 1.63. The van der Waals surface area contributed by atoms with Gasteiger partial charge in [-0.3, -0.25) is 0 Å². The van der Waals surface area contributed by atoms with E-state index < -0.39 is 0 Å². The smallest absolute Gasteiger partial charge is 0.0696 e. The van der Waals surface area contributed by atoms with E-state index in [4.69, 9.17) is 0 Å². The maximum atomic E-state index is 4.06. The summed E-state index contributed by atoms with van der Waals surface area (Å²) in [6.07, 6.45) is 1.72. The van der Waals surface area contributed by atoms with E-state index in [-0.39, 0.29) is 0 Å². The first-order valence-electron chi connectivity index (χ1n) is 3.60. The van der Waals surface area contributed by atoms with Crippen molar-refractivity contribution < 1.29 is 0 Å². The first-order valence-corrected chi connectivity index (χ1v) is 4.40. The van der Waals surface area contributed by atoms with Crippen LogP contribution in [0.5, 0.6) is 0 Å². The molecule has 0 aliphatic heterocycles. The van der Waals surface area contributed by atoms with Crippen LogP contribution in [0.15, 0.2) is 10.7 Å². The fourth-order valence-corrected chi connectivity index (χ4v) is 1.28. The molecule has 3 heteroatoms. The Morgan fingerprint density at radius 1 is 1.45 bits per heavy atom. The summed E-state index contributed by atoms with van der Waals surface area (Å²) >= 11 is 3.41. The van der Waals surface area contributed by atoms with Crippen molar-refractivity contribution in [2.45, 2.75) is 26.7 Å². The predicted molar refractivity (Wildman–Crippen MR) is 48.6 cm³/mol. The van der Waals surface area contributed by atoms with Crippen LogP contribution in [-0.4, -0.2) is 10.2 Å². The van der Waals surface area contributed by atoms with Gasteiger partial charge in [-0.2, -0.15) is 10.2 Å². The van der Waals surface area contributed by atoms with Gasteiger partial charge in [0.15, 0.2) is 0 Å². The second-order valence-corrected chi connectivity index (χ2v) is 3.71. The van der Waals surface area contributed by atoms with Crippen molar-refractivity contribution in [2.75, 3.05) is 0 Å². The van der Waals surface area contributed by atoms with Crippen LogP contribution in [0.1, 0.15) is 31.0 Å². The molecule has 0 aromatic carbocycles. The summed E-state index contributed by atoms with van der Waals surface area (Å²) in [7, 11) is 0. The van der Waals surface area contributed by atoms with Gasteiger partial charge in [-0.1, -0.05) is 13.8 Å². The maximum Gasteiger partial charge on any atom is 0.0696 e. The van der Waals surface area contributed by atoms with E-state index in [1.54, 1.807) is 6.20 Å². The van der Waals surface area contributed by atoms with Crippen LogP contribution >= 0.6 is 15.9 Å². The lowest BCUT2D eigenvalue weighted by atomic mass is 10.1. The van der Waals surface area contributed by atoms with Crippen LogP contribution in [0, 0.1) is 6.92 Å². The van der Waals surface area contributed by atoms with Crippen molar-refractivity contribution in [3.8, 4) is 0 Å². The number of hydrogen-bond donors (Lipinski definition) is 0. The second-order valence-electron chi connectivity index (χ2n) is 2.86. The van der Waals surface area contributed by atoms with Gasteiger partial charge < -0.3 is 0 Å². The summed E-state index contributed by atoms with van der Waals surface area (Å²) in [5.41, 5.74) is 2.26. The monoisotopic (exact) mass is 214 g/mol. The fraction of sp³-hybridized carbons (Fsp3) is 0.500. The molecule has 0 aliphatic carbocycles. The van der Waals surface area contributed by atoms with Gasteiger partial charge in [0.2, 0.25) is 0 Å². The Balaban J connectivity index is 3.17. The lowest BCUT2D eigenvalue weighted by Crippen LogP contribution is -1.98. The Kier molecular flexibility index (Phi) is 2.60. The Bertz CT molecular complexity index is 258. The summed E-state index contributed by atoms with van der Waals surface area (Å²) in [5.74, 6) is 0.444. The van der Waals surface area contributed by atoms with Gasteiger partial charge in [-0.05, 0) is 34.3 Å². The van der Waals surface area contributed by atoms with E-state index in [1.807, 2.05) is 6.92 Å². The molecule has 1 aromatic heterocycles. The Hall–Kier alpha value is -0.440. The summed E-state index contributed by atoms with van der Waals surface area (Å²) < 4.78 is 1.04. The largest absolute Gasteiger partial charge is 0.158 e. The molecule has 0 saturated heterocycles. The molecular formula is C8H11BrN2. The molecule has 0 radical (unpaired) electrons. The van der Waals surface area contributed by atoms with Crippen molar-refractivity contribution in [3.05, 3.63) is 21.9 Å². The zero-order valence-electron chi connectivity index (χ0n) is 6.93. The van der Waals surface area contributed by atoms with Gasteiger partial charge in [0.1, 0.15) is 0 Å². The van der Waals surface area contributed by atoms with Crippen LogP contribution in [0.2, 0.25) is 0 Å². The molecule has 60 valence electrons. The zero-order valence-corrected chi connectivity index (χ0v) is 8.51. The quantitative estimate of drug-likeness (QED) is 0.719. The minimum Gasteiger partial charge on any atom is -0.158 e. The molecule has 0 atom stereocenters. The standard InChI is InChI=1S/C8H11BrN2/c1-5(2)8-6(3)7(9)4-10-11-8/h4-5H,1-3H3. The van der Waals surface area contributed by atoms with Gasteiger partial charge in [0.05, 0.1) is 11.9 Å². The minimum atomic E-state index is 0.444. The fourth-order valence-electron chi connectivity index (χ4n) is 0.984. The van der Waals surface area contributed by atoms with Crippen molar-refractivity contribution >= 4 is 15.9 Å². The number of halogens is 1. The Morgan fingerprint density at radius 3 is 2.55 bits per heavy atom. The van der Waals surface area contributed by atoms with E-state index in [9.17, 15) is 0 Å². The Morgan fingerprint density at radius 2 is 2.09 bits per heavy atom. The van der Waals surface area contributed by atoms with Crippen molar-refractivity contribution in [1.29, 1.82) is 0 Å². The summed E-state index contributed by atoms with van der Waals surface area (Å²) in [5, 5.41) is 7.93. The lowest BCUT2D eigenvalue weighted by Gasteiger charge is -2.07. The van der Waals surface area contributed by atoms with E-state index in [1.165, 1.54) is 5.56 Å². The Labute approximate surface area is 75.2 Å². The van der Waals surface area contributed by atoms with Gasteiger partial charge in [0, 0.05) is 4.47 Å². The van der Waals surface area contributed by atoms with Crippen molar-refractivity contribution in [3.63, 3.8) is 0 Å². The average Bonchev–Trinajstić information content (AvgIpc) is 1.94. The predicted octanol–water partition coefficient (Wildman–Crippen LogP) is 2.67. The summed E-state index contributed by atoms with van der Waals surface area (Å²) in [6.45, 7) is 6.28. The summed E-state index contributed by atoms with van der Waals surface area (Å²) in [6, 6.07) is 0. The van der Waals surface area contributed by atoms with Crippen LogP contribution in [0.3, 0.4) is 0 Å². The van der Waals surface area contributed by atoms with Crippen molar-refractivity contribution in [1.82, 2.24) is 10.2 Å². The zero-order chi connectivity index (χ0) is 8.43. The number of nitrogens with zero attached hydrogens (tertiary/aromatic N) is 2. The molecule has 0 fully saturated rings. The van der Waals surface area contributed by atoms with Crippen LogP contribution in [-0.2, 0) is 0 Å². The SMILES string of the molecule is Cc1c(Br)cnnc1C(C)C. The first-order chi connectivity index (χ1) is 5.13. The molecule has 1 aromatic rings. The molecule has 0 unspecified atom stereocenters. The second kappa shape index (κ2) is 3.30. The van der Waals surface area contributed by atoms with Crippen molar-refractivity contribution in [2.24, 2.45) is 0 Å². The molecular weight excluding hydrogens is 204 g/mol. The summed E-state index contributed by atoms with van der Waals surface area (Å²) in [4.78, 5) is 0. The highest BCUT2D eigenvalue weighted by atomic mass is 79.9. The number of aromatic nitrogens is 2. The highest BCUT2D eigenvalue weighted by molar-refractivity contribution is 9.10.